The molecular formula is C30H33N2O4+. The maximum absolute atomic E-state index is 13.5. The number of hydrogen-bond donors (Lipinski definition) is 1. The van der Waals surface area contributed by atoms with Gasteiger partial charge in [-0.2, -0.15) is 0 Å². The Morgan fingerprint density at radius 3 is 2.19 bits per heavy atom. The minimum Gasteiger partial charge on any atom is -0.497 e. The van der Waals surface area contributed by atoms with E-state index >= 15 is 0 Å². The molecule has 2 unspecified atom stereocenters. The number of nitrogens with zero attached hydrogens (tertiary/aromatic N) is 1. The molecule has 6 nitrogen and oxygen atoms in total. The van der Waals surface area contributed by atoms with Gasteiger partial charge in [-0.3, -0.25) is 4.79 Å². The number of methoxy groups -OCH3 is 1. The van der Waals surface area contributed by atoms with Gasteiger partial charge in [-0.05, 0) is 42.0 Å². The molecule has 3 aliphatic rings. The lowest BCUT2D eigenvalue weighted by Crippen LogP contribution is -2.65. The molecule has 0 spiro atoms. The van der Waals surface area contributed by atoms with Crippen LogP contribution in [0.15, 0.2) is 84.9 Å². The maximum atomic E-state index is 13.5. The fourth-order valence-corrected chi connectivity index (χ4v) is 5.59. The van der Waals surface area contributed by atoms with Crippen molar-refractivity contribution in [1.29, 1.82) is 0 Å². The zero-order valence-corrected chi connectivity index (χ0v) is 20.6. The first-order valence-corrected chi connectivity index (χ1v) is 12.6. The number of nitrogens with one attached hydrogen (secondary N) is 1. The summed E-state index contributed by atoms with van der Waals surface area (Å²) in [6.45, 7) is 3.01. The monoisotopic (exact) mass is 485 g/mol. The van der Waals surface area contributed by atoms with Crippen molar-refractivity contribution in [2.45, 2.75) is 25.0 Å². The second-order valence-electron chi connectivity index (χ2n) is 9.95. The summed E-state index contributed by atoms with van der Waals surface area (Å²) < 4.78 is 12.1. The number of Topliss-reactive ketones (excluding diaryl/α,β-unsaturated/α-hetero) is 1. The fraction of sp³-hybridized carbons (Fsp3) is 0.333. The van der Waals surface area contributed by atoms with Crippen LogP contribution in [0.4, 0.5) is 5.69 Å². The minimum atomic E-state index is -0.599. The van der Waals surface area contributed by atoms with Gasteiger partial charge >= 0.3 is 5.97 Å². The average Bonchev–Trinajstić information content (AvgIpc) is 2.93. The summed E-state index contributed by atoms with van der Waals surface area (Å²) in [5, 5.41) is 3.36. The van der Waals surface area contributed by atoms with Gasteiger partial charge in [0.15, 0.2) is 12.1 Å². The first kappa shape index (κ1) is 24.1. The number of hydrogen-bond acceptors (Lipinski definition) is 5. The number of quaternary nitrogens is 1. The summed E-state index contributed by atoms with van der Waals surface area (Å²) in [6, 6.07) is 26.1. The Kier molecular flexibility index (Phi) is 7.05. The zero-order valence-electron chi connectivity index (χ0n) is 20.6. The number of para-hydroxylation sites is 1. The lowest BCUT2D eigenvalue weighted by Gasteiger charge is -2.51. The molecule has 0 radical (unpaired) electrons. The van der Waals surface area contributed by atoms with Crippen LogP contribution in [0.1, 0.15) is 34.8 Å². The highest BCUT2D eigenvalue weighted by molar-refractivity contribution is 5.97. The summed E-state index contributed by atoms with van der Waals surface area (Å²) >= 11 is 0. The molecule has 0 aliphatic carbocycles. The number of carbonyl (C=O) groups excluding carboxylic acids is 2. The van der Waals surface area contributed by atoms with Crippen molar-refractivity contribution in [1.82, 2.24) is 0 Å². The topological polar surface area (TPSA) is 64.6 Å². The van der Waals surface area contributed by atoms with E-state index in [-0.39, 0.29) is 17.9 Å². The van der Waals surface area contributed by atoms with E-state index in [1.807, 2.05) is 84.9 Å². The van der Waals surface area contributed by atoms with Crippen LogP contribution in [-0.4, -0.2) is 55.6 Å². The number of carbonyl (C=O) groups is 2. The van der Waals surface area contributed by atoms with Crippen molar-refractivity contribution in [3.8, 4) is 5.75 Å². The Bertz CT molecular complexity index is 1170. The molecule has 3 fully saturated rings. The maximum Gasteiger partial charge on any atom is 0.333 e. The molecule has 0 saturated carbocycles. The molecule has 2 bridgehead atoms. The van der Waals surface area contributed by atoms with Crippen molar-refractivity contribution < 1.29 is 23.5 Å². The second kappa shape index (κ2) is 10.5. The van der Waals surface area contributed by atoms with Crippen LogP contribution >= 0.6 is 0 Å². The third-order valence-electron chi connectivity index (χ3n) is 7.65. The van der Waals surface area contributed by atoms with Crippen molar-refractivity contribution in [3.63, 3.8) is 0 Å². The van der Waals surface area contributed by atoms with E-state index in [2.05, 4.69) is 5.32 Å². The minimum absolute atomic E-state index is 0.121. The van der Waals surface area contributed by atoms with Crippen LogP contribution in [0.25, 0.3) is 0 Å². The third-order valence-corrected chi connectivity index (χ3v) is 7.65. The van der Waals surface area contributed by atoms with E-state index in [9.17, 15) is 9.59 Å². The summed E-state index contributed by atoms with van der Waals surface area (Å²) in [7, 11) is 1.62. The Labute approximate surface area is 212 Å². The number of piperidine rings is 3. The Hall–Kier alpha value is -3.64. The molecule has 3 aromatic carbocycles. The highest BCUT2D eigenvalue weighted by Crippen LogP contribution is 2.37. The number of esters is 1. The normalized spacial score (nSPS) is 23.5. The first-order valence-electron chi connectivity index (χ1n) is 12.6. The Morgan fingerprint density at radius 2 is 1.56 bits per heavy atom. The third kappa shape index (κ3) is 5.29. The summed E-state index contributed by atoms with van der Waals surface area (Å²) in [4.78, 5) is 26.7. The van der Waals surface area contributed by atoms with Crippen LogP contribution in [0.2, 0.25) is 0 Å². The van der Waals surface area contributed by atoms with E-state index in [0.29, 0.717) is 29.1 Å². The van der Waals surface area contributed by atoms with E-state index in [0.717, 1.165) is 42.9 Å². The van der Waals surface area contributed by atoms with Gasteiger partial charge < -0.3 is 19.3 Å². The van der Waals surface area contributed by atoms with Crippen molar-refractivity contribution in [2.75, 3.05) is 38.6 Å². The number of ether oxygens (including phenoxy) is 2. The number of rotatable bonds is 9. The lowest BCUT2D eigenvalue weighted by molar-refractivity contribution is -0.938. The lowest BCUT2D eigenvalue weighted by atomic mass is 9.82. The molecule has 0 aromatic heterocycles. The molecule has 0 amide bonds. The van der Waals surface area contributed by atoms with E-state index in [1.165, 1.54) is 0 Å². The first-order chi connectivity index (χ1) is 17.5. The standard InChI is InChI=1S/C30H33N2O4/c1-35-26-14-12-22(13-15-26)27(33)20-32-18-16-23(17-19-32)28(21-32)36-30(34)29(24-8-4-2-5-9-24)31-25-10-6-3-7-11-25/h2-15,23,28-29,31H,16-21H2,1H3/q+1. The summed E-state index contributed by atoms with van der Waals surface area (Å²) in [6.07, 6.45) is 1.75. The SMILES string of the molecule is COc1ccc(C(=O)C[N+]23CCC(CC2)C(OC(=O)C(Nc2ccccc2)c2ccccc2)C3)cc1. The van der Waals surface area contributed by atoms with Crippen LogP contribution in [-0.2, 0) is 9.53 Å². The largest absolute Gasteiger partial charge is 0.497 e. The van der Waals surface area contributed by atoms with E-state index < -0.39 is 6.04 Å². The van der Waals surface area contributed by atoms with Crippen molar-refractivity contribution in [2.24, 2.45) is 5.92 Å². The van der Waals surface area contributed by atoms with Gasteiger partial charge in [-0.25, -0.2) is 4.79 Å². The number of fused-ring (bicyclic) bond motifs is 3. The highest BCUT2D eigenvalue weighted by Gasteiger charge is 2.49. The van der Waals surface area contributed by atoms with Crippen LogP contribution in [0.3, 0.4) is 0 Å². The van der Waals surface area contributed by atoms with Gasteiger partial charge in [0.25, 0.3) is 0 Å². The number of benzene rings is 3. The van der Waals surface area contributed by atoms with E-state index in [4.69, 9.17) is 9.47 Å². The molecule has 3 heterocycles. The summed E-state index contributed by atoms with van der Waals surface area (Å²) in [5.41, 5.74) is 2.43. The number of ketones is 1. The van der Waals surface area contributed by atoms with Gasteiger partial charge in [-0.15, -0.1) is 0 Å². The second-order valence-corrected chi connectivity index (χ2v) is 9.95. The van der Waals surface area contributed by atoms with Crippen LogP contribution in [0.5, 0.6) is 5.75 Å². The predicted octanol–water partition coefficient (Wildman–Crippen LogP) is 4.88. The van der Waals surface area contributed by atoms with E-state index in [1.54, 1.807) is 7.11 Å². The summed E-state index contributed by atoms with van der Waals surface area (Å²) in [5.74, 6) is 0.930. The van der Waals surface area contributed by atoms with Crippen LogP contribution in [0, 0.1) is 5.92 Å². The van der Waals surface area contributed by atoms with Crippen molar-refractivity contribution >= 4 is 17.4 Å². The van der Waals surface area contributed by atoms with Gasteiger partial charge in [0.2, 0.25) is 5.78 Å². The van der Waals surface area contributed by atoms with Gasteiger partial charge in [0.05, 0.1) is 20.2 Å². The predicted molar refractivity (Wildman–Crippen MR) is 139 cm³/mol. The molecule has 3 aliphatic heterocycles. The molecular weight excluding hydrogens is 452 g/mol. The van der Waals surface area contributed by atoms with Crippen molar-refractivity contribution in [3.05, 3.63) is 96.1 Å². The number of anilines is 1. The molecule has 6 rings (SSSR count). The van der Waals surface area contributed by atoms with Gasteiger partial charge in [0, 0.05) is 30.0 Å². The molecule has 6 heteroatoms. The highest BCUT2D eigenvalue weighted by atomic mass is 16.5. The fourth-order valence-electron chi connectivity index (χ4n) is 5.59. The Balaban J connectivity index is 1.29. The molecule has 3 saturated heterocycles. The average molecular weight is 486 g/mol. The molecule has 3 aromatic rings. The van der Waals surface area contributed by atoms with Crippen LogP contribution < -0.4 is 10.1 Å². The smallest absolute Gasteiger partial charge is 0.333 e. The van der Waals surface area contributed by atoms with Gasteiger partial charge in [0.1, 0.15) is 18.8 Å². The molecule has 1 N–H and O–H groups in total. The molecule has 186 valence electrons. The molecule has 2 atom stereocenters. The Morgan fingerprint density at radius 1 is 0.917 bits per heavy atom. The zero-order chi connectivity index (χ0) is 25.0. The molecule has 36 heavy (non-hydrogen) atoms. The quantitative estimate of drug-likeness (QED) is 0.266. The van der Waals surface area contributed by atoms with Gasteiger partial charge in [-0.1, -0.05) is 48.5 Å².